The van der Waals surface area contributed by atoms with Gasteiger partial charge in [-0.1, -0.05) is 0 Å². The highest BCUT2D eigenvalue weighted by atomic mass is 16.5. The third-order valence-corrected chi connectivity index (χ3v) is 4.23. The van der Waals surface area contributed by atoms with Crippen LogP contribution < -0.4 is 0 Å². The average Bonchev–Trinajstić information content (AvgIpc) is 2.77. The molecule has 1 saturated carbocycles. The topological polar surface area (TPSA) is 53.0 Å². The second-order valence-corrected chi connectivity index (χ2v) is 6.59. The maximum atomic E-state index is 11.5. The Bertz CT molecular complexity index is 321. The first-order valence-electron chi connectivity index (χ1n) is 7.23. The van der Waals surface area contributed by atoms with E-state index in [2.05, 4.69) is 4.90 Å². The van der Waals surface area contributed by atoms with E-state index < -0.39 is 6.09 Å². The Hall–Kier alpha value is -0.810. The highest BCUT2D eigenvalue weighted by Gasteiger charge is 2.39. The lowest BCUT2D eigenvalue weighted by Gasteiger charge is -2.39. The molecular weight excluding hydrogens is 244 g/mol. The van der Waals surface area contributed by atoms with Crippen LogP contribution in [-0.2, 0) is 4.74 Å². The highest BCUT2D eigenvalue weighted by molar-refractivity contribution is 5.66. The van der Waals surface area contributed by atoms with Gasteiger partial charge in [0.15, 0.2) is 0 Å². The first-order chi connectivity index (χ1) is 8.89. The van der Waals surface area contributed by atoms with Crippen LogP contribution >= 0.6 is 0 Å². The SMILES string of the molecule is CC(C)(C)N(C(=O)O)[C@@H]1CC[C@H](N2CCOCC2)C1. The standard InChI is InChI=1S/C14H26N2O3/c1-14(2,3)16(13(17)18)12-5-4-11(10-12)15-6-8-19-9-7-15/h11-12H,4-10H2,1-3H3,(H,17,18)/t11-,12+/m0/s1. The molecule has 0 radical (unpaired) electrons. The number of amides is 1. The van der Waals surface area contributed by atoms with Crippen LogP contribution in [0.25, 0.3) is 0 Å². The smallest absolute Gasteiger partial charge is 0.407 e. The summed E-state index contributed by atoms with van der Waals surface area (Å²) in [6.07, 6.45) is 2.25. The zero-order valence-electron chi connectivity index (χ0n) is 12.3. The molecule has 0 unspecified atom stereocenters. The minimum atomic E-state index is -0.792. The van der Waals surface area contributed by atoms with Crippen molar-refractivity contribution in [3.63, 3.8) is 0 Å². The van der Waals surface area contributed by atoms with Crippen LogP contribution in [0.4, 0.5) is 4.79 Å². The van der Waals surface area contributed by atoms with Crippen molar-refractivity contribution in [2.75, 3.05) is 26.3 Å². The van der Waals surface area contributed by atoms with Crippen LogP contribution in [0.1, 0.15) is 40.0 Å². The molecule has 0 aromatic rings. The van der Waals surface area contributed by atoms with Crippen molar-refractivity contribution in [1.29, 1.82) is 0 Å². The predicted octanol–water partition coefficient (Wildman–Crippen LogP) is 2.02. The Morgan fingerprint density at radius 1 is 1.26 bits per heavy atom. The number of carbonyl (C=O) groups is 1. The van der Waals surface area contributed by atoms with E-state index in [0.717, 1.165) is 45.6 Å². The van der Waals surface area contributed by atoms with Crippen LogP contribution in [0.5, 0.6) is 0 Å². The Morgan fingerprint density at radius 2 is 1.89 bits per heavy atom. The van der Waals surface area contributed by atoms with E-state index in [9.17, 15) is 9.90 Å². The van der Waals surface area contributed by atoms with Crippen LogP contribution in [0.2, 0.25) is 0 Å². The van der Waals surface area contributed by atoms with Gasteiger partial charge in [0.1, 0.15) is 0 Å². The lowest BCUT2D eigenvalue weighted by Crippen LogP contribution is -2.51. The third kappa shape index (κ3) is 3.39. The molecule has 0 bridgehead atoms. The molecule has 1 amide bonds. The molecule has 1 heterocycles. The second-order valence-electron chi connectivity index (χ2n) is 6.59. The fraction of sp³-hybridized carbons (Fsp3) is 0.929. The summed E-state index contributed by atoms with van der Waals surface area (Å²) in [5, 5.41) is 9.46. The van der Waals surface area contributed by atoms with Crippen molar-refractivity contribution in [2.24, 2.45) is 0 Å². The molecule has 1 aliphatic carbocycles. The molecule has 1 N–H and O–H groups in total. The molecule has 0 aromatic carbocycles. The minimum Gasteiger partial charge on any atom is -0.465 e. The van der Waals surface area contributed by atoms with Gasteiger partial charge in [-0.15, -0.1) is 0 Å². The summed E-state index contributed by atoms with van der Waals surface area (Å²) in [4.78, 5) is 15.6. The van der Waals surface area contributed by atoms with E-state index in [4.69, 9.17) is 4.74 Å². The minimum absolute atomic E-state index is 0.158. The Morgan fingerprint density at radius 3 is 2.42 bits per heavy atom. The molecule has 0 spiro atoms. The van der Waals surface area contributed by atoms with Gasteiger partial charge in [0, 0.05) is 30.7 Å². The van der Waals surface area contributed by atoms with Gasteiger partial charge < -0.3 is 14.7 Å². The van der Waals surface area contributed by atoms with Crippen LogP contribution in [-0.4, -0.2) is 64.9 Å². The second kappa shape index (κ2) is 5.67. The first-order valence-corrected chi connectivity index (χ1v) is 7.23. The van der Waals surface area contributed by atoms with Crippen molar-refractivity contribution in [3.05, 3.63) is 0 Å². The molecule has 0 aromatic heterocycles. The summed E-state index contributed by atoms with van der Waals surface area (Å²) in [6, 6.07) is 0.684. The van der Waals surface area contributed by atoms with Crippen molar-refractivity contribution >= 4 is 6.09 Å². The van der Waals surface area contributed by atoms with Crippen molar-refractivity contribution in [1.82, 2.24) is 9.80 Å². The van der Waals surface area contributed by atoms with Gasteiger partial charge in [0.2, 0.25) is 0 Å². The number of carboxylic acid groups (broad SMARTS) is 1. The number of rotatable bonds is 2. The summed E-state index contributed by atoms with van der Waals surface area (Å²) >= 11 is 0. The molecule has 5 nitrogen and oxygen atoms in total. The van der Waals surface area contributed by atoms with E-state index in [1.807, 2.05) is 20.8 Å². The number of morpholine rings is 1. The van der Waals surface area contributed by atoms with Gasteiger partial charge in [-0.3, -0.25) is 4.90 Å². The van der Waals surface area contributed by atoms with Gasteiger partial charge in [-0.05, 0) is 40.0 Å². The number of hydrogen-bond acceptors (Lipinski definition) is 3. The van der Waals surface area contributed by atoms with E-state index in [1.165, 1.54) is 0 Å². The molecule has 19 heavy (non-hydrogen) atoms. The first kappa shape index (κ1) is 14.6. The lowest BCUT2D eigenvalue weighted by molar-refractivity contribution is 0.0144. The van der Waals surface area contributed by atoms with Gasteiger partial charge >= 0.3 is 6.09 Å². The van der Waals surface area contributed by atoms with Gasteiger partial charge in [0.25, 0.3) is 0 Å². The third-order valence-electron chi connectivity index (χ3n) is 4.23. The van der Waals surface area contributed by atoms with Crippen LogP contribution in [0.15, 0.2) is 0 Å². The van der Waals surface area contributed by atoms with Gasteiger partial charge in [-0.25, -0.2) is 4.79 Å². The Balaban J connectivity index is 1.98. The predicted molar refractivity (Wildman–Crippen MR) is 73.4 cm³/mol. The molecule has 2 atom stereocenters. The molecule has 1 aliphatic heterocycles. The van der Waals surface area contributed by atoms with Crippen molar-refractivity contribution in [3.8, 4) is 0 Å². The van der Waals surface area contributed by atoms with Crippen molar-refractivity contribution < 1.29 is 14.6 Å². The summed E-state index contributed by atoms with van der Waals surface area (Å²) in [6.45, 7) is 9.52. The van der Waals surface area contributed by atoms with Crippen LogP contribution in [0, 0.1) is 0 Å². The van der Waals surface area contributed by atoms with Gasteiger partial charge in [-0.2, -0.15) is 0 Å². The molecular formula is C14H26N2O3. The largest absolute Gasteiger partial charge is 0.465 e. The molecule has 2 aliphatic rings. The fourth-order valence-corrected chi connectivity index (χ4v) is 3.43. The number of ether oxygens (including phenoxy) is 1. The molecule has 110 valence electrons. The zero-order chi connectivity index (χ0) is 14.0. The normalized spacial score (nSPS) is 29.4. The number of nitrogens with zero attached hydrogens (tertiary/aromatic N) is 2. The fourth-order valence-electron chi connectivity index (χ4n) is 3.43. The molecule has 1 saturated heterocycles. The van der Waals surface area contributed by atoms with E-state index >= 15 is 0 Å². The molecule has 2 fully saturated rings. The van der Waals surface area contributed by atoms with Crippen LogP contribution in [0.3, 0.4) is 0 Å². The summed E-state index contributed by atoms with van der Waals surface area (Å²) in [5.74, 6) is 0. The maximum Gasteiger partial charge on any atom is 0.407 e. The monoisotopic (exact) mass is 270 g/mol. The maximum absolute atomic E-state index is 11.5. The number of hydrogen-bond donors (Lipinski definition) is 1. The lowest BCUT2D eigenvalue weighted by atomic mass is 10.0. The summed E-state index contributed by atoms with van der Waals surface area (Å²) in [7, 11) is 0. The van der Waals surface area contributed by atoms with E-state index in [1.54, 1.807) is 4.90 Å². The summed E-state index contributed by atoms with van der Waals surface area (Å²) in [5.41, 5.74) is -0.323. The van der Waals surface area contributed by atoms with Crippen molar-refractivity contribution in [2.45, 2.75) is 57.7 Å². The van der Waals surface area contributed by atoms with E-state index in [-0.39, 0.29) is 11.6 Å². The van der Waals surface area contributed by atoms with E-state index in [0.29, 0.717) is 6.04 Å². The average molecular weight is 270 g/mol. The Labute approximate surface area is 115 Å². The Kier molecular flexibility index (Phi) is 4.36. The highest BCUT2D eigenvalue weighted by Crippen LogP contribution is 2.32. The molecule has 2 rings (SSSR count). The summed E-state index contributed by atoms with van der Waals surface area (Å²) < 4.78 is 5.38. The quantitative estimate of drug-likeness (QED) is 0.834. The van der Waals surface area contributed by atoms with Gasteiger partial charge in [0.05, 0.1) is 13.2 Å². The molecule has 5 heteroatoms. The zero-order valence-corrected chi connectivity index (χ0v) is 12.3.